The largest absolute Gasteiger partial charge is 0.493 e. The van der Waals surface area contributed by atoms with Crippen LogP contribution in [0.4, 0.5) is 5.13 Å². The molecule has 0 radical (unpaired) electrons. The van der Waals surface area contributed by atoms with Crippen molar-refractivity contribution in [2.45, 2.75) is 26.8 Å². The van der Waals surface area contributed by atoms with Crippen molar-refractivity contribution < 1.29 is 19.0 Å². The highest BCUT2D eigenvalue weighted by molar-refractivity contribution is 7.22. The van der Waals surface area contributed by atoms with Gasteiger partial charge in [-0.2, -0.15) is 0 Å². The van der Waals surface area contributed by atoms with Gasteiger partial charge in [-0.3, -0.25) is 9.69 Å². The number of amides is 1. The van der Waals surface area contributed by atoms with E-state index in [1.807, 2.05) is 10.8 Å². The van der Waals surface area contributed by atoms with Crippen LogP contribution in [-0.2, 0) is 11.3 Å². The Morgan fingerprint density at radius 3 is 2.50 bits per heavy atom. The molecule has 2 aromatic heterocycles. The number of rotatable bonds is 10. The molecule has 9 heteroatoms. The van der Waals surface area contributed by atoms with Crippen molar-refractivity contribution in [2.75, 3.05) is 32.8 Å². The third-order valence-electron chi connectivity index (χ3n) is 6.03. The van der Waals surface area contributed by atoms with Gasteiger partial charge in [-0.25, -0.2) is 9.97 Å². The minimum atomic E-state index is -0.150. The summed E-state index contributed by atoms with van der Waals surface area (Å²) >= 11 is 1.53. The van der Waals surface area contributed by atoms with Gasteiger partial charge in [-0.15, -0.1) is 0 Å². The quantitative estimate of drug-likeness (QED) is 0.273. The zero-order valence-electron chi connectivity index (χ0n) is 21.1. The van der Waals surface area contributed by atoms with Gasteiger partial charge in [0.25, 0.3) is 5.91 Å². The Morgan fingerprint density at radius 2 is 1.86 bits per heavy atom. The van der Waals surface area contributed by atoms with Crippen molar-refractivity contribution >= 4 is 38.7 Å². The van der Waals surface area contributed by atoms with Crippen LogP contribution < -0.4 is 19.1 Å². The van der Waals surface area contributed by atoms with E-state index in [-0.39, 0.29) is 5.91 Å². The fourth-order valence-corrected chi connectivity index (χ4v) is 4.97. The summed E-state index contributed by atoms with van der Waals surface area (Å²) in [5.74, 6) is 1.41. The lowest BCUT2D eigenvalue weighted by atomic mass is 10.1. The SMILES string of the molecule is COc1cc(/C=C/C(=O)N(CCCn2ccnc2)c2nc3c(C)c(C)ccc3s2)cc(OC)c1OC. The lowest BCUT2D eigenvalue weighted by molar-refractivity contribution is -0.114. The second-order valence-electron chi connectivity index (χ2n) is 8.29. The van der Waals surface area contributed by atoms with E-state index in [2.05, 4.69) is 31.0 Å². The van der Waals surface area contributed by atoms with Crippen LogP contribution in [0, 0.1) is 13.8 Å². The van der Waals surface area contributed by atoms with Crippen molar-refractivity contribution in [3.8, 4) is 17.2 Å². The smallest absolute Gasteiger partial charge is 0.252 e. The van der Waals surface area contributed by atoms with Crippen molar-refractivity contribution in [2.24, 2.45) is 0 Å². The number of carbonyl (C=O) groups is 1. The van der Waals surface area contributed by atoms with Gasteiger partial charge in [-0.05, 0) is 61.2 Å². The van der Waals surface area contributed by atoms with Crippen LogP contribution in [0.15, 0.2) is 49.1 Å². The van der Waals surface area contributed by atoms with Crippen LogP contribution in [0.3, 0.4) is 0 Å². The molecule has 8 nitrogen and oxygen atoms in total. The number of ether oxygens (including phenoxy) is 3. The number of hydrogen-bond donors (Lipinski definition) is 0. The monoisotopic (exact) mass is 506 g/mol. The molecule has 0 aliphatic carbocycles. The summed E-state index contributed by atoms with van der Waals surface area (Å²) in [6, 6.07) is 7.77. The first-order valence-corrected chi connectivity index (χ1v) is 12.4. The maximum absolute atomic E-state index is 13.5. The van der Waals surface area contributed by atoms with E-state index < -0.39 is 0 Å². The maximum atomic E-state index is 13.5. The molecular formula is C27H30N4O4S. The second kappa shape index (κ2) is 11.3. The average Bonchev–Trinajstić information content (AvgIpc) is 3.57. The Bertz CT molecular complexity index is 1350. The number of anilines is 1. The number of hydrogen-bond acceptors (Lipinski definition) is 7. The zero-order chi connectivity index (χ0) is 25.7. The number of fused-ring (bicyclic) bond motifs is 1. The average molecular weight is 507 g/mol. The molecule has 1 amide bonds. The first kappa shape index (κ1) is 25.2. The molecule has 0 aliphatic rings. The molecule has 2 aromatic carbocycles. The lowest BCUT2D eigenvalue weighted by Crippen LogP contribution is -2.30. The van der Waals surface area contributed by atoms with Crippen molar-refractivity contribution in [1.29, 1.82) is 0 Å². The van der Waals surface area contributed by atoms with Crippen molar-refractivity contribution in [3.63, 3.8) is 0 Å². The predicted octanol–water partition coefficient (Wildman–Crippen LogP) is 5.27. The van der Waals surface area contributed by atoms with Crippen molar-refractivity contribution in [1.82, 2.24) is 14.5 Å². The van der Waals surface area contributed by atoms with E-state index in [9.17, 15) is 4.79 Å². The first-order valence-electron chi connectivity index (χ1n) is 11.6. The summed E-state index contributed by atoms with van der Waals surface area (Å²) in [7, 11) is 4.69. The summed E-state index contributed by atoms with van der Waals surface area (Å²) < 4.78 is 19.3. The van der Waals surface area contributed by atoms with Gasteiger partial charge in [-0.1, -0.05) is 17.4 Å². The fraction of sp³-hybridized carbons (Fsp3) is 0.296. The summed E-state index contributed by atoms with van der Waals surface area (Å²) in [5.41, 5.74) is 4.01. The number of methoxy groups -OCH3 is 3. The standard InChI is InChI=1S/C27H30N4O4S/c1-18-7-9-23-25(19(18)2)29-27(36-23)31(13-6-12-30-14-11-28-17-30)24(32)10-8-20-15-21(33-3)26(35-5)22(16-20)34-4/h7-11,14-17H,6,12-13H2,1-5H3/b10-8+. The maximum Gasteiger partial charge on any atom is 0.252 e. The summed E-state index contributed by atoms with van der Waals surface area (Å²) in [6.07, 6.45) is 9.51. The molecule has 0 bridgehead atoms. The number of carbonyl (C=O) groups excluding carboxylic acids is 1. The Labute approximate surface area is 214 Å². The molecule has 0 spiro atoms. The van der Waals surface area contributed by atoms with E-state index in [0.29, 0.717) is 28.9 Å². The molecule has 4 rings (SSSR count). The third-order valence-corrected chi connectivity index (χ3v) is 7.08. The molecule has 0 fully saturated rings. The highest BCUT2D eigenvalue weighted by atomic mass is 32.1. The molecule has 0 atom stereocenters. The van der Waals surface area contributed by atoms with E-state index in [4.69, 9.17) is 19.2 Å². The number of aryl methyl sites for hydroxylation is 3. The molecule has 0 unspecified atom stereocenters. The number of thiazole rings is 1. The Hall–Kier alpha value is -3.85. The number of aromatic nitrogens is 3. The van der Waals surface area contributed by atoms with Crippen LogP contribution >= 0.6 is 11.3 Å². The topological polar surface area (TPSA) is 78.7 Å². The molecule has 0 saturated carbocycles. The zero-order valence-corrected chi connectivity index (χ0v) is 22.0. The fourth-order valence-electron chi connectivity index (χ4n) is 3.92. The Morgan fingerprint density at radius 1 is 1.11 bits per heavy atom. The van der Waals surface area contributed by atoms with Gasteiger partial charge in [0.15, 0.2) is 16.6 Å². The van der Waals surface area contributed by atoms with Crippen molar-refractivity contribution in [3.05, 3.63) is 65.8 Å². The summed E-state index contributed by atoms with van der Waals surface area (Å²) in [4.78, 5) is 24.2. The molecule has 2 heterocycles. The van der Waals surface area contributed by atoms with Gasteiger partial charge < -0.3 is 18.8 Å². The van der Waals surface area contributed by atoms with Crippen LogP contribution in [0.2, 0.25) is 0 Å². The van der Waals surface area contributed by atoms with E-state index >= 15 is 0 Å². The van der Waals surface area contributed by atoms with E-state index in [1.165, 1.54) is 16.9 Å². The predicted molar refractivity (Wildman–Crippen MR) is 143 cm³/mol. The minimum Gasteiger partial charge on any atom is -0.493 e. The van der Waals surface area contributed by atoms with Gasteiger partial charge in [0.05, 0.1) is 37.9 Å². The van der Waals surface area contributed by atoms with Crippen LogP contribution in [0.5, 0.6) is 17.2 Å². The molecule has 36 heavy (non-hydrogen) atoms. The lowest BCUT2D eigenvalue weighted by Gasteiger charge is -2.18. The molecule has 0 aliphatic heterocycles. The van der Waals surface area contributed by atoms with Crippen LogP contribution in [0.25, 0.3) is 16.3 Å². The normalized spacial score (nSPS) is 11.2. The number of nitrogens with zero attached hydrogens (tertiary/aromatic N) is 4. The van der Waals surface area contributed by atoms with E-state index in [1.54, 1.807) is 63.0 Å². The number of benzene rings is 2. The van der Waals surface area contributed by atoms with Crippen LogP contribution in [-0.4, -0.2) is 48.3 Å². The van der Waals surface area contributed by atoms with Gasteiger partial charge in [0, 0.05) is 31.6 Å². The van der Waals surface area contributed by atoms with Gasteiger partial charge in [0.2, 0.25) is 5.75 Å². The molecular weight excluding hydrogens is 476 g/mol. The first-order chi connectivity index (χ1) is 17.4. The summed E-state index contributed by atoms with van der Waals surface area (Å²) in [6.45, 7) is 5.41. The molecule has 188 valence electrons. The van der Waals surface area contributed by atoms with Gasteiger partial charge >= 0.3 is 0 Å². The van der Waals surface area contributed by atoms with Crippen LogP contribution in [0.1, 0.15) is 23.1 Å². The molecule has 0 saturated heterocycles. The van der Waals surface area contributed by atoms with Gasteiger partial charge in [0.1, 0.15) is 0 Å². The second-order valence-corrected chi connectivity index (χ2v) is 9.30. The molecule has 0 N–H and O–H groups in total. The highest BCUT2D eigenvalue weighted by Gasteiger charge is 2.19. The molecule has 4 aromatic rings. The van der Waals surface area contributed by atoms with E-state index in [0.717, 1.165) is 34.3 Å². The minimum absolute atomic E-state index is 0.150. The third kappa shape index (κ3) is 5.36. The highest BCUT2D eigenvalue weighted by Crippen LogP contribution is 2.38. The Balaban J connectivity index is 1.63. The number of imidazole rings is 1. The Kier molecular flexibility index (Phi) is 7.90. The summed E-state index contributed by atoms with van der Waals surface area (Å²) in [5, 5.41) is 0.684.